The minimum atomic E-state index is 0.736. The average molecular weight is 223 g/mol. The normalized spacial score (nSPS) is 11.1. The van der Waals surface area contributed by atoms with Crippen molar-refractivity contribution in [1.29, 1.82) is 0 Å². The molecule has 4 heteroatoms. The van der Waals surface area contributed by atoms with Crippen LogP contribution in [-0.4, -0.2) is 40.6 Å². The van der Waals surface area contributed by atoms with Gasteiger partial charge in [-0.15, -0.1) is 0 Å². The van der Waals surface area contributed by atoms with E-state index in [0.29, 0.717) is 0 Å². The molecule has 0 amide bonds. The van der Waals surface area contributed by atoms with Gasteiger partial charge in [0.1, 0.15) is 0 Å². The summed E-state index contributed by atoms with van der Waals surface area (Å²) in [5.74, 6) is 0. The number of hydrogen-bond donors (Lipinski definition) is 0. The number of nitrogens with zero attached hydrogens (tertiary/aromatic N) is 3. The fraction of sp³-hybridized carbons (Fsp3) is 0.667. The van der Waals surface area contributed by atoms with Crippen LogP contribution in [0.25, 0.3) is 0 Å². The Morgan fingerprint density at radius 2 is 1.94 bits per heavy atom. The van der Waals surface area contributed by atoms with Crippen LogP contribution in [0, 0.1) is 13.8 Å². The standard InChI is InChI=1S/C12H21N3O/c1-5-14(6-2)7-8-15-11(4)12(9-16)10(3)13-15/h9H,5-8H2,1-4H3. The molecule has 0 saturated heterocycles. The van der Waals surface area contributed by atoms with Gasteiger partial charge in [-0.2, -0.15) is 5.10 Å². The van der Waals surface area contributed by atoms with Gasteiger partial charge in [0.25, 0.3) is 0 Å². The molecule has 0 atom stereocenters. The lowest BCUT2D eigenvalue weighted by atomic mass is 10.2. The molecule has 1 heterocycles. The molecule has 0 fully saturated rings. The maximum atomic E-state index is 10.8. The monoisotopic (exact) mass is 223 g/mol. The van der Waals surface area contributed by atoms with Gasteiger partial charge < -0.3 is 4.90 Å². The van der Waals surface area contributed by atoms with Crippen LogP contribution < -0.4 is 0 Å². The molecule has 1 aromatic heterocycles. The lowest BCUT2D eigenvalue weighted by Gasteiger charge is -2.18. The van der Waals surface area contributed by atoms with E-state index in [1.807, 2.05) is 18.5 Å². The number of carbonyl (C=O) groups is 1. The molecule has 0 N–H and O–H groups in total. The second-order valence-corrected chi connectivity index (χ2v) is 3.95. The highest BCUT2D eigenvalue weighted by molar-refractivity contribution is 5.77. The first kappa shape index (κ1) is 12.9. The van der Waals surface area contributed by atoms with Crippen molar-refractivity contribution in [3.63, 3.8) is 0 Å². The van der Waals surface area contributed by atoms with Crippen LogP contribution in [0.1, 0.15) is 35.6 Å². The molecular formula is C12H21N3O. The van der Waals surface area contributed by atoms with Crippen molar-refractivity contribution in [2.24, 2.45) is 0 Å². The number of carbonyl (C=O) groups excluding carboxylic acids is 1. The summed E-state index contributed by atoms with van der Waals surface area (Å²) in [4.78, 5) is 13.2. The first-order valence-electron chi connectivity index (χ1n) is 5.85. The van der Waals surface area contributed by atoms with Gasteiger partial charge in [0.15, 0.2) is 6.29 Å². The van der Waals surface area contributed by atoms with E-state index in [1.54, 1.807) is 0 Å². The number of aromatic nitrogens is 2. The van der Waals surface area contributed by atoms with E-state index in [9.17, 15) is 4.79 Å². The largest absolute Gasteiger partial charge is 0.302 e. The Hall–Kier alpha value is -1.16. The van der Waals surface area contributed by atoms with Gasteiger partial charge >= 0.3 is 0 Å². The third kappa shape index (κ3) is 2.70. The fourth-order valence-corrected chi connectivity index (χ4v) is 1.88. The average Bonchev–Trinajstić information content (AvgIpc) is 2.55. The van der Waals surface area contributed by atoms with Crippen LogP contribution in [-0.2, 0) is 6.54 Å². The summed E-state index contributed by atoms with van der Waals surface area (Å²) in [7, 11) is 0. The maximum Gasteiger partial charge on any atom is 0.153 e. The zero-order valence-electron chi connectivity index (χ0n) is 10.7. The quantitative estimate of drug-likeness (QED) is 0.688. The zero-order chi connectivity index (χ0) is 12.1. The summed E-state index contributed by atoms with van der Waals surface area (Å²) in [5.41, 5.74) is 2.53. The van der Waals surface area contributed by atoms with Crippen molar-refractivity contribution in [2.45, 2.75) is 34.2 Å². The zero-order valence-corrected chi connectivity index (χ0v) is 10.7. The first-order valence-corrected chi connectivity index (χ1v) is 5.85. The molecule has 0 saturated carbocycles. The molecule has 90 valence electrons. The van der Waals surface area contributed by atoms with E-state index in [-0.39, 0.29) is 0 Å². The Kier molecular flexibility index (Phi) is 4.68. The van der Waals surface area contributed by atoms with E-state index in [1.165, 1.54) is 0 Å². The minimum absolute atomic E-state index is 0.736. The molecule has 16 heavy (non-hydrogen) atoms. The third-order valence-electron chi connectivity index (χ3n) is 3.08. The lowest BCUT2D eigenvalue weighted by molar-refractivity contribution is 0.112. The van der Waals surface area contributed by atoms with Gasteiger partial charge in [-0.25, -0.2) is 0 Å². The van der Waals surface area contributed by atoms with Crippen molar-refractivity contribution in [3.05, 3.63) is 17.0 Å². The topological polar surface area (TPSA) is 38.1 Å². The molecule has 0 aliphatic carbocycles. The molecule has 0 spiro atoms. The molecule has 1 aromatic rings. The minimum Gasteiger partial charge on any atom is -0.302 e. The smallest absolute Gasteiger partial charge is 0.153 e. The maximum absolute atomic E-state index is 10.8. The highest BCUT2D eigenvalue weighted by Crippen LogP contribution is 2.10. The van der Waals surface area contributed by atoms with Crippen molar-refractivity contribution in [3.8, 4) is 0 Å². The summed E-state index contributed by atoms with van der Waals surface area (Å²) >= 11 is 0. The van der Waals surface area contributed by atoms with E-state index >= 15 is 0 Å². The number of rotatable bonds is 6. The lowest BCUT2D eigenvalue weighted by Crippen LogP contribution is -2.27. The Balaban J connectivity index is 2.71. The summed E-state index contributed by atoms with van der Waals surface area (Å²) in [6.07, 6.45) is 0.894. The molecule has 0 aliphatic heterocycles. The van der Waals surface area contributed by atoms with Crippen LogP contribution in [0.3, 0.4) is 0 Å². The Bertz CT molecular complexity index is 353. The molecule has 0 radical (unpaired) electrons. The summed E-state index contributed by atoms with van der Waals surface area (Å²) in [6, 6.07) is 0. The van der Waals surface area contributed by atoms with Crippen LogP contribution in [0.2, 0.25) is 0 Å². The van der Waals surface area contributed by atoms with E-state index in [2.05, 4.69) is 23.8 Å². The van der Waals surface area contributed by atoms with E-state index < -0.39 is 0 Å². The Morgan fingerprint density at radius 1 is 1.31 bits per heavy atom. The van der Waals surface area contributed by atoms with Gasteiger partial charge in [0.05, 0.1) is 17.8 Å². The van der Waals surface area contributed by atoms with Crippen LogP contribution in [0.5, 0.6) is 0 Å². The van der Waals surface area contributed by atoms with Crippen LogP contribution >= 0.6 is 0 Å². The van der Waals surface area contributed by atoms with Gasteiger partial charge in [-0.3, -0.25) is 9.48 Å². The second-order valence-electron chi connectivity index (χ2n) is 3.95. The van der Waals surface area contributed by atoms with Crippen molar-refractivity contribution in [2.75, 3.05) is 19.6 Å². The van der Waals surface area contributed by atoms with Crippen LogP contribution in [0.4, 0.5) is 0 Å². The second kappa shape index (κ2) is 5.80. The van der Waals surface area contributed by atoms with Crippen molar-refractivity contribution >= 4 is 6.29 Å². The summed E-state index contributed by atoms with van der Waals surface area (Å²) < 4.78 is 1.93. The molecule has 0 aliphatic rings. The van der Waals surface area contributed by atoms with Gasteiger partial charge in [0.2, 0.25) is 0 Å². The fourth-order valence-electron chi connectivity index (χ4n) is 1.88. The molecule has 0 aromatic carbocycles. The predicted molar refractivity (Wildman–Crippen MR) is 64.9 cm³/mol. The first-order chi connectivity index (χ1) is 7.63. The molecule has 0 bridgehead atoms. The Labute approximate surface area is 97.2 Å². The number of aryl methyl sites for hydroxylation is 1. The molecule has 0 unspecified atom stereocenters. The van der Waals surface area contributed by atoms with Gasteiger partial charge in [-0.1, -0.05) is 13.8 Å². The molecule has 1 rings (SSSR count). The number of likely N-dealkylation sites (N-methyl/N-ethyl adjacent to an activating group) is 1. The highest BCUT2D eigenvalue weighted by Gasteiger charge is 2.10. The highest BCUT2D eigenvalue weighted by atomic mass is 16.1. The Morgan fingerprint density at radius 3 is 2.38 bits per heavy atom. The molecular weight excluding hydrogens is 202 g/mol. The van der Waals surface area contributed by atoms with Crippen molar-refractivity contribution in [1.82, 2.24) is 14.7 Å². The number of hydrogen-bond acceptors (Lipinski definition) is 3. The summed E-state index contributed by atoms with van der Waals surface area (Å²) in [5, 5.41) is 4.38. The molecule has 4 nitrogen and oxygen atoms in total. The number of aldehydes is 1. The van der Waals surface area contributed by atoms with Gasteiger partial charge in [-0.05, 0) is 26.9 Å². The van der Waals surface area contributed by atoms with Crippen LogP contribution in [0.15, 0.2) is 0 Å². The summed E-state index contributed by atoms with van der Waals surface area (Å²) in [6.45, 7) is 12.1. The van der Waals surface area contributed by atoms with E-state index in [0.717, 1.165) is 49.4 Å². The van der Waals surface area contributed by atoms with Gasteiger partial charge in [0, 0.05) is 12.2 Å². The SMILES string of the molecule is CCN(CC)CCn1nc(C)c(C=O)c1C. The predicted octanol–water partition coefficient (Wildman–Crippen LogP) is 1.65. The third-order valence-corrected chi connectivity index (χ3v) is 3.08. The van der Waals surface area contributed by atoms with E-state index in [4.69, 9.17) is 0 Å². The van der Waals surface area contributed by atoms with Crippen molar-refractivity contribution < 1.29 is 4.79 Å².